The minimum Gasteiger partial charge on any atom is -0.351 e. The van der Waals surface area contributed by atoms with E-state index in [2.05, 4.69) is 46.4 Å². The van der Waals surface area contributed by atoms with Crippen molar-refractivity contribution in [3.05, 3.63) is 66.2 Å². The van der Waals surface area contributed by atoms with Crippen LogP contribution in [-0.2, 0) is 12.8 Å². The highest BCUT2D eigenvalue weighted by Gasteiger charge is 2.11. The number of hydrogen-bond donors (Lipinski definition) is 1. The van der Waals surface area contributed by atoms with Crippen LogP contribution in [-0.4, -0.2) is 9.97 Å². The molecule has 1 N–H and O–H groups in total. The second-order valence-corrected chi connectivity index (χ2v) is 4.19. The quantitative estimate of drug-likeness (QED) is 0.653. The number of H-pyrrole nitrogens is 1. The van der Waals surface area contributed by atoms with E-state index in [4.69, 9.17) is 0 Å². The smallest absolute Gasteiger partial charge is 0.0919 e. The van der Waals surface area contributed by atoms with Crippen LogP contribution in [0.4, 0.5) is 0 Å². The van der Waals surface area contributed by atoms with Crippen LogP contribution >= 0.6 is 12.4 Å². The molecule has 4 rings (SSSR count). The van der Waals surface area contributed by atoms with Gasteiger partial charge in [0.1, 0.15) is 0 Å². The Kier molecular flexibility index (Phi) is 4.00. The van der Waals surface area contributed by atoms with Gasteiger partial charge in [0.05, 0.1) is 6.33 Å². The van der Waals surface area contributed by atoms with E-state index >= 15 is 0 Å². The van der Waals surface area contributed by atoms with E-state index in [1.165, 1.54) is 34.7 Å². The first kappa shape index (κ1) is 12.7. The molecule has 0 unspecified atom stereocenters. The summed E-state index contributed by atoms with van der Waals surface area (Å²) in [5.41, 5.74) is 3.06. The van der Waals surface area contributed by atoms with Crippen molar-refractivity contribution in [1.29, 1.82) is 0 Å². The van der Waals surface area contributed by atoms with Crippen molar-refractivity contribution < 1.29 is 0 Å². The van der Waals surface area contributed by atoms with Gasteiger partial charge in [0.25, 0.3) is 0 Å². The maximum absolute atomic E-state index is 3.67. The SMILES string of the molecule is Cl.c1c[nH]cn1.c1cc2c3c(cccc3c1)CC2. The average molecular weight is 259 g/mol. The molecule has 3 heteroatoms. The molecule has 1 aliphatic carbocycles. The summed E-state index contributed by atoms with van der Waals surface area (Å²) in [5, 5.41) is 2.92. The fourth-order valence-electron chi connectivity index (χ4n) is 2.40. The number of imidazole rings is 1. The lowest BCUT2D eigenvalue weighted by molar-refractivity contribution is 1.02. The summed E-state index contributed by atoms with van der Waals surface area (Å²) in [6.07, 6.45) is 7.55. The van der Waals surface area contributed by atoms with Crippen molar-refractivity contribution in [1.82, 2.24) is 9.97 Å². The lowest BCUT2D eigenvalue weighted by Crippen LogP contribution is -1.76. The number of aryl methyl sites for hydroxylation is 2. The predicted molar refractivity (Wildman–Crippen MR) is 77.2 cm³/mol. The van der Waals surface area contributed by atoms with E-state index in [9.17, 15) is 0 Å². The molecule has 18 heavy (non-hydrogen) atoms. The van der Waals surface area contributed by atoms with E-state index in [0.717, 1.165) is 0 Å². The summed E-state index contributed by atoms with van der Waals surface area (Å²) in [6.45, 7) is 0. The number of aromatic amines is 1. The molecule has 0 fully saturated rings. The highest BCUT2D eigenvalue weighted by Crippen LogP contribution is 2.29. The predicted octanol–water partition coefficient (Wildman–Crippen LogP) is 3.77. The summed E-state index contributed by atoms with van der Waals surface area (Å²) in [5.74, 6) is 0. The highest BCUT2D eigenvalue weighted by molar-refractivity contribution is 5.90. The van der Waals surface area contributed by atoms with E-state index < -0.39 is 0 Å². The van der Waals surface area contributed by atoms with Gasteiger partial charge >= 0.3 is 0 Å². The fourth-order valence-corrected chi connectivity index (χ4v) is 2.40. The van der Waals surface area contributed by atoms with Crippen LogP contribution in [0, 0.1) is 0 Å². The Hall–Kier alpha value is -1.80. The molecular weight excluding hydrogens is 244 g/mol. The Morgan fingerprint density at radius 1 is 0.944 bits per heavy atom. The van der Waals surface area contributed by atoms with Crippen LogP contribution in [0.25, 0.3) is 10.8 Å². The van der Waals surface area contributed by atoms with Gasteiger partial charge in [0.2, 0.25) is 0 Å². The largest absolute Gasteiger partial charge is 0.351 e. The summed E-state index contributed by atoms with van der Waals surface area (Å²) in [7, 11) is 0. The average Bonchev–Trinajstić information content (AvgIpc) is 3.04. The molecule has 2 aromatic carbocycles. The fraction of sp³-hybridized carbons (Fsp3) is 0.133. The van der Waals surface area contributed by atoms with Gasteiger partial charge in [-0.05, 0) is 34.7 Å². The van der Waals surface area contributed by atoms with Crippen LogP contribution < -0.4 is 0 Å². The van der Waals surface area contributed by atoms with Gasteiger partial charge in [-0.2, -0.15) is 0 Å². The zero-order chi connectivity index (χ0) is 11.5. The molecule has 0 amide bonds. The molecule has 0 spiro atoms. The summed E-state index contributed by atoms with van der Waals surface area (Å²) in [4.78, 5) is 6.42. The van der Waals surface area contributed by atoms with Crippen molar-refractivity contribution >= 4 is 23.2 Å². The maximum atomic E-state index is 3.67. The van der Waals surface area contributed by atoms with Gasteiger partial charge < -0.3 is 4.98 Å². The standard InChI is InChI=1S/C12H10.C3H4N2.ClH/c1-3-9-4-2-6-11-8-7-10(5-1)12(9)11;1-2-5-3-4-1;/h1-6H,7-8H2;1-3H,(H,4,5);1H. The second kappa shape index (κ2) is 5.69. The molecule has 0 saturated heterocycles. The maximum Gasteiger partial charge on any atom is 0.0919 e. The van der Waals surface area contributed by atoms with Gasteiger partial charge in [-0.1, -0.05) is 36.4 Å². The first-order chi connectivity index (χ1) is 8.45. The number of halogens is 1. The molecule has 2 nitrogen and oxygen atoms in total. The molecular formula is C15H15ClN2. The molecule has 3 aromatic rings. The van der Waals surface area contributed by atoms with Crippen LogP contribution in [0.3, 0.4) is 0 Å². The molecule has 0 saturated carbocycles. The third-order valence-corrected chi connectivity index (χ3v) is 3.15. The first-order valence-corrected chi connectivity index (χ1v) is 5.87. The lowest BCUT2D eigenvalue weighted by Gasteiger charge is -1.99. The molecule has 92 valence electrons. The van der Waals surface area contributed by atoms with Crippen molar-refractivity contribution in [2.75, 3.05) is 0 Å². The Morgan fingerprint density at radius 3 is 2.06 bits per heavy atom. The van der Waals surface area contributed by atoms with Crippen molar-refractivity contribution in [3.8, 4) is 0 Å². The molecule has 0 bridgehead atoms. The number of benzene rings is 2. The minimum atomic E-state index is 0. The number of hydrogen-bond acceptors (Lipinski definition) is 1. The minimum absolute atomic E-state index is 0. The Labute approximate surface area is 112 Å². The van der Waals surface area contributed by atoms with E-state index in [1.807, 2.05) is 0 Å². The van der Waals surface area contributed by atoms with Crippen LogP contribution in [0.2, 0.25) is 0 Å². The number of nitrogens with one attached hydrogen (secondary N) is 1. The number of nitrogens with zero attached hydrogens (tertiary/aromatic N) is 1. The molecule has 0 radical (unpaired) electrons. The van der Waals surface area contributed by atoms with Gasteiger partial charge in [0, 0.05) is 12.4 Å². The lowest BCUT2D eigenvalue weighted by atomic mass is 10.1. The van der Waals surface area contributed by atoms with Crippen LogP contribution in [0.5, 0.6) is 0 Å². The van der Waals surface area contributed by atoms with Crippen LogP contribution in [0.1, 0.15) is 11.1 Å². The number of rotatable bonds is 0. The summed E-state index contributed by atoms with van der Waals surface area (Å²) >= 11 is 0. The Balaban J connectivity index is 0.000000172. The molecule has 1 heterocycles. The van der Waals surface area contributed by atoms with Gasteiger partial charge in [-0.3, -0.25) is 0 Å². The topological polar surface area (TPSA) is 28.7 Å². The van der Waals surface area contributed by atoms with Gasteiger partial charge in [-0.25, -0.2) is 4.98 Å². The number of aromatic nitrogens is 2. The Bertz CT molecular complexity index is 562. The molecule has 0 atom stereocenters. The first-order valence-electron chi connectivity index (χ1n) is 5.87. The van der Waals surface area contributed by atoms with Crippen molar-refractivity contribution in [3.63, 3.8) is 0 Å². The highest BCUT2D eigenvalue weighted by atomic mass is 35.5. The molecule has 1 aromatic heterocycles. The normalized spacial score (nSPS) is 11.6. The van der Waals surface area contributed by atoms with Crippen molar-refractivity contribution in [2.45, 2.75) is 12.8 Å². The summed E-state index contributed by atoms with van der Waals surface area (Å²) < 4.78 is 0. The van der Waals surface area contributed by atoms with Gasteiger partial charge in [0.15, 0.2) is 0 Å². The van der Waals surface area contributed by atoms with Gasteiger partial charge in [-0.15, -0.1) is 12.4 Å². The zero-order valence-corrected chi connectivity index (χ0v) is 10.8. The van der Waals surface area contributed by atoms with E-state index in [-0.39, 0.29) is 12.4 Å². The third kappa shape index (κ3) is 2.39. The zero-order valence-electron chi connectivity index (χ0n) is 9.97. The van der Waals surface area contributed by atoms with Crippen molar-refractivity contribution in [2.24, 2.45) is 0 Å². The molecule has 0 aliphatic heterocycles. The van der Waals surface area contributed by atoms with Crippen LogP contribution in [0.15, 0.2) is 55.1 Å². The van der Waals surface area contributed by atoms with E-state index in [1.54, 1.807) is 18.7 Å². The Morgan fingerprint density at radius 2 is 1.61 bits per heavy atom. The third-order valence-electron chi connectivity index (χ3n) is 3.15. The van der Waals surface area contributed by atoms with E-state index in [0.29, 0.717) is 0 Å². The monoisotopic (exact) mass is 258 g/mol. The summed E-state index contributed by atoms with van der Waals surface area (Å²) in [6, 6.07) is 13.2. The molecule has 1 aliphatic rings. The second-order valence-electron chi connectivity index (χ2n) is 4.19.